The second-order valence-electron chi connectivity index (χ2n) is 2.62. The van der Waals surface area contributed by atoms with Crippen LogP contribution in [0, 0.1) is 5.92 Å². The number of Topliss-reactive ketones (excluding diaryl/α,β-unsaturated/α-hetero) is 1. The van der Waals surface area contributed by atoms with E-state index in [1.807, 2.05) is 0 Å². The van der Waals surface area contributed by atoms with Gasteiger partial charge in [0.05, 0.1) is 5.33 Å². The molecule has 0 radical (unpaired) electrons. The molecule has 1 N–H and O–H groups in total. The number of carbonyl (C=O) groups is 1. The molecule has 0 spiro atoms. The monoisotopic (exact) mass is 207 g/mol. The molecule has 58 valence electrons. The molecule has 1 saturated heterocycles. The molecule has 0 aromatic rings. The van der Waals surface area contributed by atoms with E-state index in [0.29, 0.717) is 17.0 Å². The molecule has 1 aliphatic rings. The van der Waals surface area contributed by atoms with E-state index >= 15 is 0 Å². The van der Waals surface area contributed by atoms with Crippen LogP contribution in [0.25, 0.3) is 0 Å². The minimum atomic E-state index is 0.320. The number of nitrogens with one attached hydrogen (secondary N) is 1. The standard InChI is InChI=1S/C7H12BrNO/c8-5-7(10)6-1-3-9-4-2-6/h6,9H,1-5H2/i7+2. The highest BCUT2D eigenvalue weighted by Gasteiger charge is 2.18. The predicted molar refractivity (Wildman–Crippen MR) is 44.4 cm³/mol. The summed E-state index contributed by atoms with van der Waals surface area (Å²) < 4.78 is 0. The van der Waals surface area contributed by atoms with Crippen molar-refractivity contribution in [3.05, 3.63) is 0 Å². The Morgan fingerprint density at radius 3 is 2.60 bits per heavy atom. The van der Waals surface area contributed by atoms with E-state index in [9.17, 15) is 4.79 Å². The average molecular weight is 208 g/mol. The zero-order chi connectivity index (χ0) is 7.40. The molecule has 0 aliphatic carbocycles. The molecule has 0 aromatic carbocycles. The lowest BCUT2D eigenvalue weighted by molar-refractivity contribution is -0.120. The molecule has 1 heterocycles. The van der Waals surface area contributed by atoms with E-state index in [-0.39, 0.29) is 0 Å². The molecule has 1 fully saturated rings. The Balaban J connectivity index is 2.31. The zero-order valence-corrected chi connectivity index (χ0v) is 7.49. The highest BCUT2D eigenvalue weighted by molar-refractivity contribution is 9.09. The first-order valence-electron chi connectivity index (χ1n) is 3.64. The van der Waals surface area contributed by atoms with Crippen LogP contribution in [0.5, 0.6) is 0 Å². The summed E-state index contributed by atoms with van der Waals surface area (Å²) in [5.41, 5.74) is 0. The first kappa shape index (κ1) is 8.21. The van der Waals surface area contributed by atoms with Crippen LogP contribution in [-0.4, -0.2) is 24.2 Å². The van der Waals surface area contributed by atoms with Crippen molar-refractivity contribution in [2.75, 3.05) is 18.4 Å². The normalized spacial score (nSPS) is 20.9. The molecule has 1 aliphatic heterocycles. The van der Waals surface area contributed by atoms with Gasteiger partial charge < -0.3 is 5.32 Å². The van der Waals surface area contributed by atoms with Gasteiger partial charge in [-0.3, -0.25) is 4.79 Å². The van der Waals surface area contributed by atoms with E-state index in [2.05, 4.69) is 21.2 Å². The van der Waals surface area contributed by atoms with E-state index in [0.717, 1.165) is 25.9 Å². The van der Waals surface area contributed by atoms with Crippen molar-refractivity contribution < 1.29 is 4.79 Å². The fourth-order valence-corrected chi connectivity index (χ4v) is 1.71. The molecule has 0 unspecified atom stereocenters. The van der Waals surface area contributed by atoms with Crippen LogP contribution in [-0.2, 0) is 4.79 Å². The smallest absolute Gasteiger partial charge is 0.146 e. The Morgan fingerprint density at radius 1 is 1.50 bits per heavy atom. The Hall–Kier alpha value is 0.110. The second kappa shape index (κ2) is 4.09. The highest BCUT2D eigenvalue weighted by atomic mass is 79.9. The van der Waals surface area contributed by atoms with Crippen molar-refractivity contribution in [2.24, 2.45) is 5.92 Å². The quantitative estimate of drug-likeness (QED) is 0.684. The molecular weight excluding hydrogens is 196 g/mol. The topological polar surface area (TPSA) is 29.1 Å². The SMILES string of the molecule is O=[14C](CBr)C1CCNCC1. The van der Waals surface area contributed by atoms with Gasteiger partial charge in [0.25, 0.3) is 0 Å². The maximum Gasteiger partial charge on any atom is 0.146 e. The van der Waals surface area contributed by atoms with Gasteiger partial charge in [0, 0.05) is 5.92 Å². The lowest BCUT2D eigenvalue weighted by Crippen LogP contribution is -2.32. The summed E-state index contributed by atoms with van der Waals surface area (Å²) in [5, 5.41) is 3.75. The number of hydrogen-bond acceptors (Lipinski definition) is 2. The van der Waals surface area contributed by atoms with Crippen molar-refractivity contribution >= 4 is 21.7 Å². The number of piperidine rings is 1. The van der Waals surface area contributed by atoms with E-state index in [4.69, 9.17) is 0 Å². The summed E-state index contributed by atoms with van der Waals surface area (Å²) in [7, 11) is 0. The van der Waals surface area contributed by atoms with Gasteiger partial charge in [-0.2, -0.15) is 0 Å². The second-order valence-corrected chi connectivity index (χ2v) is 3.18. The molecule has 0 saturated carbocycles. The average Bonchev–Trinajstić information content (AvgIpc) is 2.05. The van der Waals surface area contributed by atoms with Gasteiger partial charge in [-0.15, -0.1) is 0 Å². The molecule has 1 rings (SSSR count). The fraction of sp³-hybridized carbons (Fsp3) is 0.857. The number of hydrogen-bond donors (Lipinski definition) is 1. The van der Waals surface area contributed by atoms with Crippen molar-refractivity contribution in [3.63, 3.8) is 0 Å². The third-order valence-electron chi connectivity index (χ3n) is 1.93. The summed E-state index contributed by atoms with van der Waals surface area (Å²) in [4.78, 5) is 11.1. The van der Waals surface area contributed by atoms with Crippen LogP contribution in [0.4, 0.5) is 0 Å². The molecule has 0 atom stereocenters. The Morgan fingerprint density at radius 2 is 2.10 bits per heavy atom. The third-order valence-corrected chi connectivity index (χ3v) is 2.48. The van der Waals surface area contributed by atoms with Crippen LogP contribution < -0.4 is 5.32 Å². The third kappa shape index (κ3) is 2.06. The zero-order valence-electron chi connectivity index (χ0n) is 5.90. The van der Waals surface area contributed by atoms with Crippen molar-refractivity contribution in [3.8, 4) is 0 Å². The highest BCUT2D eigenvalue weighted by Crippen LogP contribution is 2.13. The number of alkyl halides is 1. The number of ketones is 1. The summed E-state index contributed by atoms with van der Waals surface area (Å²) >= 11 is 3.18. The molecule has 3 heteroatoms. The van der Waals surface area contributed by atoms with Crippen LogP contribution in [0.2, 0.25) is 0 Å². The Labute approximate surface area is 69.5 Å². The summed E-state index contributed by atoms with van der Waals surface area (Å²) in [5.74, 6) is 0.683. The summed E-state index contributed by atoms with van der Waals surface area (Å²) in [6.45, 7) is 2.01. The van der Waals surface area contributed by atoms with Gasteiger partial charge >= 0.3 is 0 Å². The van der Waals surface area contributed by atoms with Crippen LogP contribution in [0.3, 0.4) is 0 Å². The Bertz CT molecular complexity index is 121. The largest absolute Gasteiger partial charge is 0.317 e. The van der Waals surface area contributed by atoms with Gasteiger partial charge in [0.1, 0.15) is 5.78 Å². The number of rotatable bonds is 2. The van der Waals surface area contributed by atoms with Gasteiger partial charge in [-0.1, -0.05) is 15.9 Å². The molecule has 0 amide bonds. The maximum atomic E-state index is 11.1. The van der Waals surface area contributed by atoms with E-state index in [1.165, 1.54) is 0 Å². The molecule has 0 aromatic heterocycles. The molecular formula is C7H12BrNO. The van der Waals surface area contributed by atoms with Gasteiger partial charge in [-0.05, 0) is 25.9 Å². The molecule has 10 heavy (non-hydrogen) atoms. The van der Waals surface area contributed by atoms with E-state index < -0.39 is 0 Å². The number of halogens is 1. The minimum absolute atomic E-state index is 0.320. The van der Waals surface area contributed by atoms with Gasteiger partial charge in [-0.25, -0.2) is 0 Å². The van der Waals surface area contributed by atoms with Crippen molar-refractivity contribution in [1.82, 2.24) is 5.32 Å². The van der Waals surface area contributed by atoms with Gasteiger partial charge in [0.2, 0.25) is 0 Å². The first-order valence-corrected chi connectivity index (χ1v) is 4.76. The van der Waals surface area contributed by atoms with Crippen molar-refractivity contribution in [2.45, 2.75) is 12.8 Å². The Kier molecular flexibility index (Phi) is 3.35. The molecule has 2 nitrogen and oxygen atoms in total. The van der Waals surface area contributed by atoms with Crippen LogP contribution >= 0.6 is 15.9 Å². The minimum Gasteiger partial charge on any atom is -0.317 e. The summed E-state index contributed by atoms with van der Waals surface area (Å²) in [6, 6.07) is 0. The molecule has 0 bridgehead atoms. The van der Waals surface area contributed by atoms with E-state index in [1.54, 1.807) is 0 Å². The predicted octanol–water partition coefficient (Wildman–Crippen LogP) is 0.950. The lowest BCUT2D eigenvalue weighted by Gasteiger charge is -2.20. The van der Waals surface area contributed by atoms with Gasteiger partial charge in [0.15, 0.2) is 0 Å². The van der Waals surface area contributed by atoms with Crippen LogP contribution in [0.1, 0.15) is 12.8 Å². The lowest BCUT2D eigenvalue weighted by atomic mass is 10.1. The van der Waals surface area contributed by atoms with Crippen molar-refractivity contribution in [1.29, 1.82) is 0 Å². The maximum absolute atomic E-state index is 11.1. The summed E-state index contributed by atoms with van der Waals surface area (Å²) in [6.07, 6.45) is 2.04. The number of carbonyl (C=O) groups excluding carboxylic acids is 1. The van der Waals surface area contributed by atoms with Crippen LogP contribution in [0.15, 0.2) is 0 Å². The first-order chi connectivity index (χ1) is 4.84. The fourth-order valence-electron chi connectivity index (χ4n) is 1.25.